The standard InChI is InChI=1S/C12H14N/c1-13(2)12-9-5-7-10-6-3-4-8-11(10)12/h3-7,9H,8H2,1-2H3. The second kappa shape index (κ2) is 3.25. The molecule has 0 saturated carbocycles. The molecule has 67 valence electrons. The van der Waals surface area contributed by atoms with Gasteiger partial charge in [-0.2, -0.15) is 0 Å². The van der Waals surface area contributed by atoms with E-state index in [-0.39, 0.29) is 0 Å². The minimum atomic E-state index is 1.06. The Kier molecular flexibility index (Phi) is 2.09. The number of benzene rings is 1. The van der Waals surface area contributed by atoms with Gasteiger partial charge in [0.05, 0.1) is 0 Å². The fourth-order valence-electron chi connectivity index (χ4n) is 1.75. The molecule has 1 aromatic rings. The number of hydrogen-bond acceptors (Lipinski definition) is 1. The van der Waals surface area contributed by atoms with Gasteiger partial charge in [-0.05, 0) is 23.6 Å². The molecule has 1 heteroatoms. The first kappa shape index (κ1) is 8.36. The summed E-state index contributed by atoms with van der Waals surface area (Å²) >= 11 is 0. The van der Waals surface area contributed by atoms with Crippen LogP contribution in [0.3, 0.4) is 0 Å². The molecular formula is C12H14N. The normalized spacial score (nSPS) is 14.0. The fourth-order valence-corrected chi connectivity index (χ4v) is 1.75. The minimum Gasteiger partial charge on any atom is -0.377 e. The monoisotopic (exact) mass is 172 g/mol. The molecule has 1 aliphatic rings. The molecule has 13 heavy (non-hydrogen) atoms. The first-order valence-corrected chi connectivity index (χ1v) is 4.58. The van der Waals surface area contributed by atoms with E-state index < -0.39 is 0 Å². The third-order valence-corrected chi connectivity index (χ3v) is 2.40. The average Bonchev–Trinajstić information content (AvgIpc) is 2.17. The molecule has 0 atom stereocenters. The Morgan fingerprint density at radius 3 is 2.85 bits per heavy atom. The molecule has 0 saturated heterocycles. The molecule has 2 rings (SSSR count). The highest BCUT2D eigenvalue weighted by Crippen LogP contribution is 2.27. The summed E-state index contributed by atoms with van der Waals surface area (Å²) in [6, 6.07) is 6.46. The molecule has 0 aliphatic heterocycles. The van der Waals surface area contributed by atoms with E-state index in [1.165, 1.54) is 16.8 Å². The van der Waals surface area contributed by atoms with Gasteiger partial charge in [-0.3, -0.25) is 0 Å². The van der Waals surface area contributed by atoms with E-state index >= 15 is 0 Å². The maximum Gasteiger partial charge on any atom is 0.0399 e. The predicted octanol–water partition coefficient (Wildman–Crippen LogP) is 2.42. The highest BCUT2D eigenvalue weighted by atomic mass is 15.1. The van der Waals surface area contributed by atoms with E-state index in [2.05, 4.69) is 55.8 Å². The van der Waals surface area contributed by atoms with Crippen LogP contribution in [0, 0.1) is 6.42 Å². The molecule has 1 aromatic carbocycles. The van der Waals surface area contributed by atoms with E-state index in [0.717, 1.165) is 6.42 Å². The highest BCUT2D eigenvalue weighted by molar-refractivity contribution is 5.60. The van der Waals surface area contributed by atoms with E-state index in [1.54, 1.807) is 0 Å². The van der Waals surface area contributed by atoms with E-state index in [0.29, 0.717) is 0 Å². The van der Waals surface area contributed by atoms with Crippen LogP contribution >= 0.6 is 0 Å². The quantitative estimate of drug-likeness (QED) is 0.628. The van der Waals surface area contributed by atoms with Gasteiger partial charge >= 0.3 is 0 Å². The van der Waals surface area contributed by atoms with Gasteiger partial charge in [0.1, 0.15) is 0 Å². The van der Waals surface area contributed by atoms with Crippen LogP contribution in [0.5, 0.6) is 0 Å². The predicted molar refractivity (Wildman–Crippen MR) is 57.0 cm³/mol. The lowest BCUT2D eigenvalue weighted by atomic mass is 9.95. The molecular weight excluding hydrogens is 158 g/mol. The summed E-state index contributed by atoms with van der Waals surface area (Å²) in [5.41, 5.74) is 4.13. The SMILES string of the molecule is CN(C)c1cccc2c1CC=C[CH]2. The van der Waals surface area contributed by atoms with Crippen molar-refractivity contribution in [3.63, 3.8) is 0 Å². The van der Waals surface area contributed by atoms with Gasteiger partial charge < -0.3 is 4.90 Å². The van der Waals surface area contributed by atoms with Crippen LogP contribution in [0.2, 0.25) is 0 Å². The zero-order chi connectivity index (χ0) is 9.26. The number of fused-ring (bicyclic) bond motifs is 1. The number of anilines is 1. The van der Waals surface area contributed by atoms with E-state index in [4.69, 9.17) is 0 Å². The third-order valence-electron chi connectivity index (χ3n) is 2.40. The van der Waals surface area contributed by atoms with Crippen LogP contribution < -0.4 is 4.90 Å². The Bertz CT molecular complexity index is 337. The van der Waals surface area contributed by atoms with Crippen molar-refractivity contribution in [2.75, 3.05) is 19.0 Å². The van der Waals surface area contributed by atoms with Gasteiger partial charge in [-0.15, -0.1) is 0 Å². The zero-order valence-corrected chi connectivity index (χ0v) is 8.12. The third kappa shape index (κ3) is 1.46. The molecule has 0 aromatic heterocycles. The lowest BCUT2D eigenvalue weighted by Crippen LogP contribution is -2.12. The average molecular weight is 172 g/mol. The van der Waals surface area contributed by atoms with Crippen molar-refractivity contribution in [3.8, 4) is 0 Å². The van der Waals surface area contributed by atoms with Crippen molar-refractivity contribution in [3.05, 3.63) is 47.9 Å². The molecule has 0 heterocycles. The first-order valence-electron chi connectivity index (χ1n) is 4.58. The van der Waals surface area contributed by atoms with Gasteiger partial charge in [0.2, 0.25) is 0 Å². The van der Waals surface area contributed by atoms with Crippen LogP contribution in [-0.2, 0) is 6.42 Å². The molecule has 0 spiro atoms. The van der Waals surface area contributed by atoms with Gasteiger partial charge in [-0.25, -0.2) is 0 Å². The molecule has 0 amide bonds. The highest BCUT2D eigenvalue weighted by Gasteiger charge is 2.10. The topological polar surface area (TPSA) is 3.24 Å². The lowest BCUT2D eigenvalue weighted by molar-refractivity contribution is 1.08. The maximum atomic E-state index is 2.20. The van der Waals surface area contributed by atoms with E-state index in [9.17, 15) is 0 Å². The summed E-state index contributed by atoms with van der Waals surface area (Å²) in [6.45, 7) is 0. The Morgan fingerprint density at radius 2 is 2.08 bits per heavy atom. The number of nitrogens with zero attached hydrogens (tertiary/aromatic N) is 1. The summed E-state index contributed by atoms with van der Waals surface area (Å²) in [7, 11) is 4.18. The molecule has 0 fully saturated rings. The number of allylic oxidation sites excluding steroid dienone is 2. The van der Waals surface area contributed by atoms with Crippen molar-refractivity contribution < 1.29 is 0 Å². The van der Waals surface area contributed by atoms with Gasteiger partial charge in [0.15, 0.2) is 0 Å². The zero-order valence-electron chi connectivity index (χ0n) is 8.12. The van der Waals surface area contributed by atoms with Crippen molar-refractivity contribution in [1.82, 2.24) is 0 Å². The van der Waals surface area contributed by atoms with Crippen LogP contribution in [-0.4, -0.2) is 14.1 Å². The first-order chi connectivity index (χ1) is 6.29. The van der Waals surface area contributed by atoms with Crippen molar-refractivity contribution in [2.24, 2.45) is 0 Å². The summed E-state index contributed by atoms with van der Waals surface area (Å²) in [5.74, 6) is 0. The van der Waals surface area contributed by atoms with Crippen LogP contribution in [0.4, 0.5) is 5.69 Å². The van der Waals surface area contributed by atoms with Crippen molar-refractivity contribution in [2.45, 2.75) is 6.42 Å². The lowest BCUT2D eigenvalue weighted by Gasteiger charge is -2.20. The summed E-state index contributed by atoms with van der Waals surface area (Å²) in [5, 5.41) is 0. The smallest absolute Gasteiger partial charge is 0.0399 e. The van der Waals surface area contributed by atoms with Crippen molar-refractivity contribution in [1.29, 1.82) is 0 Å². The molecule has 0 unspecified atom stereocenters. The molecule has 0 bridgehead atoms. The summed E-state index contributed by atoms with van der Waals surface area (Å²) < 4.78 is 0. The molecule has 1 radical (unpaired) electrons. The van der Waals surface area contributed by atoms with Crippen LogP contribution in [0.15, 0.2) is 30.4 Å². The number of rotatable bonds is 1. The van der Waals surface area contributed by atoms with Gasteiger partial charge in [0, 0.05) is 26.2 Å². The van der Waals surface area contributed by atoms with Crippen LogP contribution in [0.1, 0.15) is 11.1 Å². The van der Waals surface area contributed by atoms with Gasteiger partial charge in [-0.1, -0.05) is 24.3 Å². The Labute approximate surface area is 79.7 Å². The second-order valence-corrected chi connectivity index (χ2v) is 3.54. The Morgan fingerprint density at radius 1 is 1.23 bits per heavy atom. The Balaban J connectivity index is 2.49. The molecule has 1 aliphatic carbocycles. The second-order valence-electron chi connectivity index (χ2n) is 3.54. The molecule has 1 nitrogen and oxygen atoms in total. The molecule has 0 N–H and O–H groups in total. The van der Waals surface area contributed by atoms with Crippen molar-refractivity contribution >= 4 is 5.69 Å². The maximum absolute atomic E-state index is 2.20. The largest absolute Gasteiger partial charge is 0.377 e. The minimum absolute atomic E-state index is 1.06. The number of hydrogen-bond donors (Lipinski definition) is 0. The fraction of sp³-hybridized carbons (Fsp3) is 0.250. The Hall–Kier alpha value is -1.24. The van der Waals surface area contributed by atoms with Gasteiger partial charge in [0.25, 0.3) is 0 Å². The summed E-state index contributed by atoms with van der Waals surface area (Å²) in [4.78, 5) is 2.17. The van der Waals surface area contributed by atoms with E-state index in [1.807, 2.05) is 0 Å². The van der Waals surface area contributed by atoms with Crippen LogP contribution in [0.25, 0.3) is 0 Å². The summed E-state index contributed by atoms with van der Waals surface area (Å²) in [6.07, 6.45) is 7.56.